The van der Waals surface area contributed by atoms with E-state index in [2.05, 4.69) is 19.2 Å². The molecule has 0 aliphatic heterocycles. The molecule has 0 fully saturated rings. The first-order valence-electron chi connectivity index (χ1n) is 36.0. The van der Waals surface area contributed by atoms with Crippen LogP contribution in [-0.4, -0.2) is 47.4 Å². The smallest absolute Gasteiger partial charge is 0.305 e. The van der Waals surface area contributed by atoms with Crippen LogP contribution in [0.2, 0.25) is 0 Å². The number of unbranched alkanes of at least 4 members (excludes halogenated alkanes) is 57. The zero-order valence-electron chi connectivity index (χ0n) is 53.2. The van der Waals surface area contributed by atoms with Gasteiger partial charge in [0.05, 0.1) is 25.4 Å². The van der Waals surface area contributed by atoms with E-state index in [0.717, 1.165) is 38.5 Å². The average molecular weight is 1100 g/mol. The maximum atomic E-state index is 12.5. The fraction of sp³-hybridized carbons (Fsp3) is 0.944. The Morgan fingerprint density at radius 3 is 0.872 bits per heavy atom. The minimum atomic E-state index is -0.842. The second-order valence-corrected chi connectivity index (χ2v) is 24.9. The summed E-state index contributed by atoms with van der Waals surface area (Å²) in [7, 11) is 0. The lowest BCUT2D eigenvalue weighted by atomic mass is 10.0. The van der Waals surface area contributed by atoms with E-state index in [9.17, 15) is 19.8 Å². The van der Waals surface area contributed by atoms with Crippen molar-refractivity contribution in [2.24, 2.45) is 0 Å². The van der Waals surface area contributed by atoms with E-state index in [0.29, 0.717) is 19.4 Å². The van der Waals surface area contributed by atoms with Gasteiger partial charge in [-0.2, -0.15) is 0 Å². The van der Waals surface area contributed by atoms with Crippen LogP contribution in [0.25, 0.3) is 0 Å². The third-order valence-corrected chi connectivity index (χ3v) is 17.1. The van der Waals surface area contributed by atoms with Gasteiger partial charge >= 0.3 is 5.97 Å². The number of amides is 1. The highest BCUT2D eigenvalue weighted by atomic mass is 16.5. The second kappa shape index (κ2) is 68.1. The summed E-state index contributed by atoms with van der Waals surface area (Å²) in [6, 6.07) is -0.625. The number of carbonyl (C=O) groups excluding carboxylic acids is 2. The molecule has 2 unspecified atom stereocenters. The molecule has 1 amide bonds. The highest BCUT2D eigenvalue weighted by Gasteiger charge is 2.18. The van der Waals surface area contributed by atoms with E-state index < -0.39 is 12.1 Å². The lowest BCUT2D eigenvalue weighted by Crippen LogP contribution is -2.45. The molecule has 464 valence electrons. The Hall–Kier alpha value is -1.40. The monoisotopic (exact) mass is 1100 g/mol. The summed E-state index contributed by atoms with van der Waals surface area (Å²) in [5.74, 6) is -0.0391. The zero-order chi connectivity index (χ0) is 56.4. The zero-order valence-corrected chi connectivity index (χ0v) is 53.2. The van der Waals surface area contributed by atoms with Gasteiger partial charge in [0.15, 0.2) is 0 Å². The van der Waals surface area contributed by atoms with Crippen LogP contribution in [0.4, 0.5) is 0 Å². The van der Waals surface area contributed by atoms with Crippen LogP contribution < -0.4 is 5.32 Å². The maximum absolute atomic E-state index is 12.5. The van der Waals surface area contributed by atoms with Gasteiger partial charge in [0, 0.05) is 12.8 Å². The number of carbonyl (C=O) groups is 2. The molecule has 0 saturated carbocycles. The van der Waals surface area contributed by atoms with Crippen molar-refractivity contribution in [3.05, 3.63) is 12.2 Å². The fourth-order valence-corrected chi connectivity index (χ4v) is 11.6. The van der Waals surface area contributed by atoms with Gasteiger partial charge < -0.3 is 20.3 Å². The van der Waals surface area contributed by atoms with Gasteiger partial charge in [-0.3, -0.25) is 9.59 Å². The molecule has 0 aliphatic carbocycles. The molecule has 6 heteroatoms. The Kier molecular flexibility index (Phi) is 66.9. The van der Waals surface area contributed by atoms with Crippen molar-refractivity contribution < 1.29 is 24.5 Å². The number of ether oxygens (including phenoxy) is 1. The van der Waals surface area contributed by atoms with E-state index >= 15 is 0 Å². The molecular weight excluding hydrogens is 959 g/mol. The molecule has 0 aromatic carbocycles. The van der Waals surface area contributed by atoms with Crippen LogP contribution in [0.1, 0.15) is 412 Å². The van der Waals surface area contributed by atoms with Gasteiger partial charge in [0.25, 0.3) is 0 Å². The number of esters is 1. The summed E-state index contributed by atoms with van der Waals surface area (Å²) >= 11 is 0. The first-order valence-corrected chi connectivity index (χ1v) is 36.0. The van der Waals surface area contributed by atoms with Crippen LogP contribution in [0.5, 0.6) is 0 Å². The lowest BCUT2D eigenvalue weighted by Gasteiger charge is -2.20. The van der Waals surface area contributed by atoms with Gasteiger partial charge in [-0.25, -0.2) is 0 Å². The van der Waals surface area contributed by atoms with Crippen LogP contribution >= 0.6 is 0 Å². The molecule has 0 bridgehead atoms. The summed E-state index contributed by atoms with van der Waals surface area (Å²) in [4.78, 5) is 24.6. The van der Waals surface area contributed by atoms with E-state index in [4.69, 9.17) is 4.74 Å². The highest BCUT2D eigenvalue weighted by Crippen LogP contribution is 2.19. The molecule has 2 atom stereocenters. The topological polar surface area (TPSA) is 95.9 Å². The Morgan fingerprint density at radius 1 is 0.346 bits per heavy atom. The van der Waals surface area contributed by atoms with Crippen LogP contribution in [0, 0.1) is 0 Å². The quantitative estimate of drug-likeness (QED) is 0.0320. The van der Waals surface area contributed by atoms with Crippen molar-refractivity contribution in [3.63, 3.8) is 0 Å². The predicted octanol–water partition coefficient (Wildman–Crippen LogP) is 23.1. The summed E-state index contributed by atoms with van der Waals surface area (Å²) in [5.41, 5.74) is 0. The Bertz CT molecular complexity index is 1180. The molecular formula is C72H141NO5. The van der Waals surface area contributed by atoms with Crippen LogP contribution in [0.15, 0.2) is 12.2 Å². The molecule has 0 rings (SSSR count). The van der Waals surface area contributed by atoms with Crippen molar-refractivity contribution in [1.82, 2.24) is 5.32 Å². The van der Waals surface area contributed by atoms with E-state index in [-0.39, 0.29) is 18.5 Å². The molecule has 6 nitrogen and oxygen atoms in total. The minimum absolute atomic E-state index is 0.0208. The van der Waals surface area contributed by atoms with Gasteiger partial charge in [0.2, 0.25) is 5.91 Å². The van der Waals surface area contributed by atoms with Gasteiger partial charge in [-0.05, 0) is 32.1 Å². The standard InChI is InChI=1S/C72H141NO5/c1-3-5-7-9-11-13-15-17-18-19-20-32-35-38-41-44-48-52-56-60-64-70(75)69(68-74)73-71(76)65-61-57-53-49-45-42-39-36-33-30-28-26-24-22-21-23-25-27-29-31-34-37-40-43-47-51-55-59-63-67-78-72(77)66-62-58-54-50-46-16-14-12-10-8-6-4-2/h60,64,69-70,74-75H,3-59,61-63,65-68H2,1-2H3,(H,73,76)/b64-60+. The summed E-state index contributed by atoms with van der Waals surface area (Å²) in [6.07, 6.45) is 84.4. The summed E-state index contributed by atoms with van der Waals surface area (Å²) in [5, 5.41) is 23.2. The SMILES string of the molecule is CCCCCCCCCCCCCCCCCCCC/C=C/C(O)C(CO)NC(=O)CCCCCCCCCCCCCCCCCCCCCCCCCCCCCCCOC(=O)CCCCCCCCCCCCCC. The number of aliphatic hydroxyl groups is 2. The number of nitrogens with one attached hydrogen (secondary N) is 1. The number of allylic oxidation sites excluding steroid dienone is 1. The molecule has 0 aromatic rings. The first-order chi connectivity index (χ1) is 38.5. The van der Waals surface area contributed by atoms with E-state index in [1.54, 1.807) is 6.08 Å². The fourth-order valence-electron chi connectivity index (χ4n) is 11.6. The number of hydrogen-bond acceptors (Lipinski definition) is 5. The highest BCUT2D eigenvalue weighted by molar-refractivity contribution is 5.76. The molecule has 78 heavy (non-hydrogen) atoms. The molecule has 0 aliphatic rings. The van der Waals surface area contributed by atoms with E-state index in [1.165, 1.54) is 347 Å². The van der Waals surface area contributed by atoms with Crippen molar-refractivity contribution >= 4 is 11.9 Å². The van der Waals surface area contributed by atoms with Gasteiger partial charge in [-0.15, -0.1) is 0 Å². The summed E-state index contributed by atoms with van der Waals surface area (Å²) < 4.78 is 5.49. The molecule has 0 aromatic heterocycles. The molecule has 0 spiro atoms. The first kappa shape index (κ1) is 76.6. The van der Waals surface area contributed by atoms with Crippen molar-refractivity contribution in [1.29, 1.82) is 0 Å². The van der Waals surface area contributed by atoms with Gasteiger partial charge in [0.1, 0.15) is 0 Å². The van der Waals surface area contributed by atoms with Crippen LogP contribution in [-0.2, 0) is 14.3 Å². The average Bonchev–Trinajstić information content (AvgIpc) is 3.44. The molecule has 0 heterocycles. The maximum Gasteiger partial charge on any atom is 0.305 e. The third kappa shape index (κ3) is 63.8. The second-order valence-electron chi connectivity index (χ2n) is 24.9. The van der Waals surface area contributed by atoms with Crippen molar-refractivity contribution in [3.8, 4) is 0 Å². The lowest BCUT2D eigenvalue weighted by molar-refractivity contribution is -0.143. The third-order valence-electron chi connectivity index (χ3n) is 17.1. The Morgan fingerprint density at radius 2 is 0.590 bits per heavy atom. The molecule has 0 radical (unpaired) electrons. The molecule has 3 N–H and O–H groups in total. The normalized spacial score (nSPS) is 12.5. The summed E-state index contributed by atoms with van der Waals surface area (Å²) in [6.45, 7) is 4.95. The number of rotatable bonds is 68. The Balaban J connectivity index is 3.36. The largest absolute Gasteiger partial charge is 0.466 e. The van der Waals surface area contributed by atoms with Crippen molar-refractivity contribution in [2.45, 2.75) is 424 Å². The predicted molar refractivity (Wildman–Crippen MR) is 343 cm³/mol. The molecule has 0 saturated heterocycles. The minimum Gasteiger partial charge on any atom is -0.466 e. The van der Waals surface area contributed by atoms with Gasteiger partial charge in [-0.1, -0.05) is 379 Å². The Labute approximate surface area is 489 Å². The van der Waals surface area contributed by atoms with E-state index in [1.807, 2.05) is 6.08 Å². The van der Waals surface area contributed by atoms with Crippen LogP contribution in [0.3, 0.4) is 0 Å². The number of aliphatic hydroxyl groups excluding tert-OH is 2. The van der Waals surface area contributed by atoms with Crippen molar-refractivity contribution in [2.75, 3.05) is 13.2 Å². The number of hydrogen-bond donors (Lipinski definition) is 3.